The average molecular weight is 413 g/mol. The molecule has 0 aliphatic carbocycles. The first kappa shape index (κ1) is 19.1. The summed E-state index contributed by atoms with van der Waals surface area (Å²) in [6.07, 6.45) is 1.40. The van der Waals surface area contributed by atoms with Gasteiger partial charge in [0.1, 0.15) is 0 Å². The minimum Gasteiger partial charge on any atom is -0.454 e. The van der Waals surface area contributed by atoms with E-state index >= 15 is 0 Å². The number of nitrogens with zero attached hydrogens (tertiary/aromatic N) is 1. The number of hydrogen-bond acceptors (Lipinski definition) is 5. The first-order chi connectivity index (χ1) is 13.9. The van der Waals surface area contributed by atoms with Crippen LogP contribution in [0.4, 0.5) is 11.4 Å². The molecule has 7 nitrogen and oxygen atoms in total. The van der Waals surface area contributed by atoms with Crippen molar-refractivity contribution in [1.29, 1.82) is 0 Å². The minimum absolute atomic E-state index is 0.0443. The van der Waals surface area contributed by atoms with Crippen LogP contribution in [-0.2, 0) is 20.7 Å². The molecule has 2 aromatic carbocycles. The van der Waals surface area contributed by atoms with Crippen molar-refractivity contribution in [3.05, 3.63) is 58.1 Å². The number of amides is 2. The molecule has 4 rings (SSSR count). The predicted molar refractivity (Wildman–Crippen MR) is 106 cm³/mol. The third-order valence-electron chi connectivity index (χ3n) is 4.93. The second-order valence-corrected chi connectivity index (χ2v) is 7.32. The molecule has 148 valence electrons. The zero-order valence-corrected chi connectivity index (χ0v) is 16.1. The lowest BCUT2D eigenvalue weighted by Gasteiger charge is -2.18. The van der Waals surface area contributed by atoms with E-state index in [0.29, 0.717) is 34.9 Å². The van der Waals surface area contributed by atoms with Crippen LogP contribution in [0, 0.1) is 0 Å². The van der Waals surface area contributed by atoms with Gasteiger partial charge in [-0.1, -0.05) is 11.6 Å². The molecule has 1 fully saturated rings. The molecule has 29 heavy (non-hydrogen) atoms. The summed E-state index contributed by atoms with van der Waals surface area (Å²) >= 11 is 6.18. The van der Waals surface area contributed by atoms with Gasteiger partial charge in [0, 0.05) is 24.2 Å². The summed E-state index contributed by atoms with van der Waals surface area (Å²) in [4.78, 5) is 49.7. The second kappa shape index (κ2) is 7.67. The van der Waals surface area contributed by atoms with Crippen molar-refractivity contribution < 1.29 is 23.9 Å². The number of hydrogen-bond donors (Lipinski definition) is 1. The normalized spacial score (nSPS) is 15.3. The molecule has 1 N–H and O–H groups in total. The van der Waals surface area contributed by atoms with E-state index in [1.165, 1.54) is 18.2 Å². The van der Waals surface area contributed by atoms with Crippen LogP contribution in [0.3, 0.4) is 0 Å². The quantitative estimate of drug-likeness (QED) is 0.602. The summed E-state index contributed by atoms with van der Waals surface area (Å²) in [5, 5.41) is 3.07. The smallest absolute Gasteiger partial charge is 0.338 e. The molecule has 2 amide bonds. The van der Waals surface area contributed by atoms with Gasteiger partial charge in [0.25, 0.3) is 0 Å². The van der Waals surface area contributed by atoms with Crippen LogP contribution < -0.4 is 10.2 Å². The lowest BCUT2D eigenvalue weighted by Crippen LogP contribution is -2.24. The Morgan fingerprint density at radius 2 is 1.90 bits per heavy atom. The number of benzene rings is 2. The van der Waals surface area contributed by atoms with Gasteiger partial charge in [-0.3, -0.25) is 14.4 Å². The maximum absolute atomic E-state index is 12.4. The highest BCUT2D eigenvalue weighted by atomic mass is 35.5. The first-order valence-corrected chi connectivity index (χ1v) is 9.53. The predicted octanol–water partition coefficient (Wildman–Crippen LogP) is 3.00. The molecule has 2 heterocycles. The molecule has 8 heteroatoms. The van der Waals surface area contributed by atoms with Crippen LogP contribution in [0.15, 0.2) is 36.4 Å². The number of fused-ring (bicyclic) bond motifs is 1. The maximum Gasteiger partial charge on any atom is 0.338 e. The summed E-state index contributed by atoms with van der Waals surface area (Å²) in [5.74, 6) is -1.21. The molecule has 0 atom stereocenters. The third-order valence-corrected chi connectivity index (χ3v) is 5.25. The maximum atomic E-state index is 12.4. The van der Waals surface area contributed by atoms with Crippen molar-refractivity contribution in [2.75, 3.05) is 23.4 Å². The Balaban J connectivity index is 1.43. The number of esters is 1. The molecule has 0 unspecified atom stereocenters. The van der Waals surface area contributed by atoms with Gasteiger partial charge < -0.3 is 15.0 Å². The standard InChI is InChI=1S/C21H17ClN2O5/c22-15-5-3-13(9-17(15)24-7-1-2-20(24)27)21(28)29-11-18(25)12-4-6-16-14(8-12)10-19(26)23-16/h3-6,8-9H,1-2,7,10-11H2,(H,23,26). The van der Waals surface area contributed by atoms with Crippen molar-refractivity contribution in [3.8, 4) is 0 Å². The van der Waals surface area contributed by atoms with E-state index in [4.69, 9.17) is 16.3 Å². The number of Topliss-reactive ketones (excluding diaryl/α,β-unsaturated/α-hetero) is 1. The van der Waals surface area contributed by atoms with Gasteiger partial charge in [0.05, 0.1) is 22.7 Å². The molecule has 0 radical (unpaired) electrons. The van der Waals surface area contributed by atoms with Gasteiger partial charge in [0.2, 0.25) is 11.8 Å². The van der Waals surface area contributed by atoms with Crippen molar-refractivity contribution in [1.82, 2.24) is 0 Å². The van der Waals surface area contributed by atoms with Gasteiger partial charge in [-0.25, -0.2) is 4.79 Å². The second-order valence-electron chi connectivity index (χ2n) is 6.91. The summed E-state index contributed by atoms with van der Waals surface area (Å²) in [5.41, 5.74) is 2.47. The van der Waals surface area contributed by atoms with Crippen LogP contribution in [0.1, 0.15) is 39.1 Å². The Bertz CT molecular complexity index is 1050. The largest absolute Gasteiger partial charge is 0.454 e. The number of carbonyl (C=O) groups excluding carboxylic acids is 4. The van der Waals surface area contributed by atoms with E-state index in [1.807, 2.05) is 0 Å². The van der Waals surface area contributed by atoms with E-state index in [1.54, 1.807) is 23.1 Å². The van der Waals surface area contributed by atoms with Crippen LogP contribution in [0.25, 0.3) is 0 Å². The Kier molecular flexibility index (Phi) is 5.07. The summed E-state index contributed by atoms with van der Waals surface area (Å²) < 4.78 is 5.15. The summed E-state index contributed by atoms with van der Waals surface area (Å²) in [6, 6.07) is 9.40. The molecule has 1 saturated heterocycles. The van der Waals surface area contributed by atoms with Gasteiger partial charge in [0.15, 0.2) is 12.4 Å². The summed E-state index contributed by atoms with van der Waals surface area (Å²) in [6.45, 7) is 0.116. The summed E-state index contributed by atoms with van der Waals surface area (Å²) in [7, 11) is 0. The third kappa shape index (κ3) is 3.86. The van der Waals surface area contributed by atoms with Crippen molar-refractivity contribution in [2.45, 2.75) is 19.3 Å². The molecular weight excluding hydrogens is 396 g/mol. The van der Waals surface area contributed by atoms with Gasteiger partial charge in [-0.2, -0.15) is 0 Å². The Labute approximate surface area is 171 Å². The monoisotopic (exact) mass is 412 g/mol. The minimum atomic E-state index is -0.680. The lowest BCUT2D eigenvalue weighted by molar-refractivity contribution is -0.117. The van der Waals surface area contributed by atoms with Crippen molar-refractivity contribution in [3.63, 3.8) is 0 Å². The topological polar surface area (TPSA) is 92.8 Å². The fourth-order valence-corrected chi connectivity index (χ4v) is 3.67. The molecule has 2 aliphatic heterocycles. The van der Waals surface area contributed by atoms with Crippen LogP contribution >= 0.6 is 11.6 Å². The van der Waals surface area contributed by atoms with Crippen molar-refractivity contribution >= 4 is 46.5 Å². The highest BCUT2D eigenvalue weighted by Crippen LogP contribution is 2.30. The van der Waals surface area contributed by atoms with E-state index in [0.717, 1.165) is 12.0 Å². The van der Waals surface area contributed by atoms with Gasteiger partial charge >= 0.3 is 5.97 Å². The fourth-order valence-electron chi connectivity index (χ4n) is 3.45. The van der Waals surface area contributed by atoms with E-state index < -0.39 is 12.6 Å². The zero-order valence-electron chi connectivity index (χ0n) is 15.4. The Hall–Kier alpha value is -3.19. The van der Waals surface area contributed by atoms with Gasteiger partial charge in [-0.15, -0.1) is 0 Å². The van der Waals surface area contributed by atoms with E-state index in [-0.39, 0.29) is 29.6 Å². The number of anilines is 2. The number of nitrogens with one attached hydrogen (secondary N) is 1. The van der Waals surface area contributed by atoms with Crippen LogP contribution in [0.2, 0.25) is 5.02 Å². The van der Waals surface area contributed by atoms with Gasteiger partial charge in [-0.05, 0) is 48.4 Å². The first-order valence-electron chi connectivity index (χ1n) is 9.15. The number of halogens is 1. The lowest BCUT2D eigenvalue weighted by atomic mass is 10.1. The number of ketones is 1. The van der Waals surface area contributed by atoms with E-state index in [2.05, 4.69) is 5.32 Å². The molecule has 2 aromatic rings. The Morgan fingerprint density at radius 3 is 2.66 bits per heavy atom. The SMILES string of the molecule is O=C1Cc2cc(C(=O)COC(=O)c3ccc(Cl)c(N4CCCC4=O)c3)ccc2N1. The number of rotatable bonds is 5. The number of carbonyl (C=O) groups is 4. The molecule has 0 bridgehead atoms. The molecule has 0 aromatic heterocycles. The molecular formula is C21H17ClN2O5. The molecule has 0 saturated carbocycles. The highest BCUT2D eigenvalue weighted by Gasteiger charge is 2.25. The van der Waals surface area contributed by atoms with Crippen molar-refractivity contribution in [2.24, 2.45) is 0 Å². The molecule has 0 spiro atoms. The number of ether oxygens (including phenoxy) is 1. The van der Waals surface area contributed by atoms with Crippen LogP contribution in [-0.4, -0.2) is 36.7 Å². The zero-order chi connectivity index (χ0) is 20.5. The average Bonchev–Trinajstić information content (AvgIpc) is 3.29. The fraction of sp³-hybridized carbons (Fsp3) is 0.238. The highest BCUT2D eigenvalue weighted by molar-refractivity contribution is 6.34. The molecule has 2 aliphatic rings. The van der Waals surface area contributed by atoms with Crippen LogP contribution in [0.5, 0.6) is 0 Å². The van der Waals surface area contributed by atoms with E-state index in [9.17, 15) is 19.2 Å². The Morgan fingerprint density at radius 1 is 1.10 bits per heavy atom.